The Balaban J connectivity index is 0.000000424. The van der Waals surface area contributed by atoms with Crippen LogP contribution in [-0.2, 0) is 0 Å². The normalized spacial score (nSPS) is 8.00. The predicted molar refractivity (Wildman–Crippen MR) is 47.5 cm³/mol. The monoisotopic (exact) mass is 183 g/mol. The number of benzene rings is 1. The summed E-state index contributed by atoms with van der Waals surface area (Å²) >= 11 is 0. The Kier molecular flexibility index (Phi) is 7.04. The summed E-state index contributed by atoms with van der Waals surface area (Å²) in [6.07, 6.45) is 0. The van der Waals surface area contributed by atoms with Gasteiger partial charge >= 0.3 is 15.0 Å². The molecule has 0 unspecified atom stereocenters. The first-order valence-electron chi connectivity index (χ1n) is 3.38. The highest BCUT2D eigenvalue weighted by Gasteiger charge is 2.09. The van der Waals surface area contributed by atoms with Gasteiger partial charge in [-0.1, -0.05) is 18.2 Å². The first kappa shape index (κ1) is 12.0. The zero-order chi connectivity index (χ0) is 10.1. The van der Waals surface area contributed by atoms with Crippen LogP contribution < -0.4 is 4.65 Å². The molecule has 0 saturated heterocycles. The van der Waals surface area contributed by atoms with Crippen molar-refractivity contribution in [2.75, 3.05) is 0 Å². The fraction of sp³-hybridized carbons (Fsp3) is 0. The molecule has 0 fully saturated rings. The van der Waals surface area contributed by atoms with Crippen LogP contribution in [0.25, 0.3) is 0 Å². The van der Waals surface area contributed by atoms with Crippen molar-refractivity contribution in [2.45, 2.75) is 0 Å². The molecule has 0 aromatic heterocycles. The highest BCUT2D eigenvalue weighted by molar-refractivity contribution is 6.33. The van der Waals surface area contributed by atoms with E-state index in [0.717, 1.165) is 0 Å². The van der Waals surface area contributed by atoms with Gasteiger partial charge in [-0.25, -0.2) is 0 Å². The van der Waals surface area contributed by atoms with Crippen LogP contribution in [0.5, 0.6) is 5.75 Å². The minimum atomic E-state index is -1.73. The standard InChI is InChI=1S/C6H7BO3.BH2O2/c8-7(9)10-6-4-2-1-3-5-6;2-1-3/h1-5,8-9H;2-3H. The third-order valence-corrected chi connectivity index (χ3v) is 0.985. The van der Waals surface area contributed by atoms with Crippen molar-refractivity contribution in [1.82, 2.24) is 0 Å². The maximum atomic E-state index is 8.34. The Morgan fingerprint density at radius 2 is 1.54 bits per heavy atom. The Bertz CT molecular complexity index is 205. The Morgan fingerprint density at radius 1 is 1.08 bits per heavy atom. The molecule has 69 valence electrons. The first-order valence-corrected chi connectivity index (χ1v) is 3.38. The maximum absolute atomic E-state index is 8.34. The van der Waals surface area contributed by atoms with E-state index in [2.05, 4.69) is 4.65 Å². The molecule has 1 aromatic rings. The molecule has 7 heteroatoms. The molecule has 0 bridgehead atoms. The lowest BCUT2D eigenvalue weighted by Crippen LogP contribution is -2.20. The van der Waals surface area contributed by atoms with E-state index in [1.807, 2.05) is 6.07 Å². The predicted octanol–water partition coefficient (Wildman–Crippen LogP) is -1.46. The summed E-state index contributed by atoms with van der Waals surface area (Å²) in [6.45, 7) is 0. The lowest BCUT2D eigenvalue weighted by Gasteiger charge is -2.01. The van der Waals surface area contributed by atoms with Gasteiger partial charge in [0.05, 0.1) is 0 Å². The van der Waals surface area contributed by atoms with Crippen molar-refractivity contribution < 1.29 is 24.8 Å². The molecule has 0 aliphatic heterocycles. The molecule has 4 N–H and O–H groups in total. The molecule has 0 heterocycles. The van der Waals surface area contributed by atoms with Gasteiger partial charge in [0.2, 0.25) is 0 Å². The second-order valence-corrected chi connectivity index (χ2v) is 1.87. The molecular formula is C6H9B2O5. The average molecular weight is 183 g/mol. The minimum absolute atomic E-state index is 0. The Hall–Kier alpha value is -1.01. The van der Waals surface area contributed by atoms with Gasteiger partial charge in [0, 0.05) is 0 Å². The van der Waals surface area contributed by atoms with Gasteiger partial charge in [0.1, 0.15) is 5.75 Å². The average Bonchev–Trinajstić information content (AvgIpc) is 2.06. The Morgan fingerprint density at radius 3 is 1.92 bits per heavy atom. The first-order chi connectivity index (χ1) is 6.20. The zero-order valence-corrected chi connectivity index (χ0v) is 6.74. The lowest BCUT2D eigenvalue weighted by molar-refractivity contribution is 0.288. The smallest absolute Gasteiger partial charge is 0.512 e. The SMILES string of the molecule is OB(O)Oc1ccccc1.O[B]O. The van der Waals surface area contributed by atoms with Crippen molar-refractivity contribution in [3.8, 4) is 5.75 Å². The molecule has 1 aromatic carbocycles. The van der Waals surface area contributed by atoms with Crippen LogP contribution in [0.1, 0.15) is 0 Å². The van der Waals surface area contributed by atoms with Crippen molar-refractivity contribution in [3.05, 3.63) is 30.3 Å². The molecule has 0 amide bonds. The van der Waals surface area contributed by atoms with Crippen LogP contribution in [0.2, 0.25) is 0 Å². The summed E-state index contributed by atoms with van der Waals surface area (Å²) in [6, 6.07) is 8.59. The van der Waals surface area contributed by atoms with Crippen molar-refractivity contribution in [1.29, 1.82) is 0 Å². The summed E-state index contributed by atoms with van der Waals surface area (Å²) in [4.78, 5) is 0. The third kappa shape index (κ3) is 7.35. The molecule has 0 aliphatic carbocycles. The molecule has 1 rings (SSSR count). The van der Waals surface area contributed by atoms with Crippen molar-refractivity contribution in [2.24, 2.45) is 0 Å². The van der Waals surface area contributed by atoms with Crippen LogP contribution in [0.3, 0.4) is 0 Å². The summed E-state index contributed by atoms with van der Waals surface area (Å²) < 4.78 is 4.53. The maximum Gasteiger partial charge on any atom is 0.707 e. The second-order valence-electron chi connectivity index (χ2n) is 1.87. The largest absolute Gasteiger partial charge is 0.707 e. The van der Waals surface area contributed by atoms with Gasteiger partial charge in [0.25, 0.3) is 0 Å². The topological polar surface area (TPSA) is 90.2 Å². The van der Waals surface area contributed by atoms with Gasteiger partial charge < -0.3 is 24.8 Å². The molecule has 0 aliphatic rings. The van der Waals surface area contributed by atoms with Gasteiger partial charge in [-0.2, -0.15) is 0 Å². The Labute approximate surface area is 76.7 Å². The van der Waals surface area contributed by atoms with Gasteiger partial charge in [-0.15, -0.1) is 0 Å². The second kappa shape index (κ2) is 7.63. The number of hydrogen-bond donors (Lipinski definition) is 4. The molecule has 5 nitrogen and oxygen atoms in total. The molecule has 1 radical (unpaired) electrons. The molecule has 0 saturated carbocycles. The van der Waals surface area contributed by atoms with E-state index in [4.69, 9.17) is 20.1 Å². The van der Waals surface area contributed by atoms with Gasteiger partial charge in [-0.05, 0) is 12.1 Å². The quantitative estimate of drug-likeness (QED) is 0.420. The summed E-state index contributed by atoms with van der Waals surface area (Å²) in [5.74, 6) is 0.442. The van der Waals surface area contributed by atoms with E-state index < -0.39 is 7.32 Å². The van der Waals surface area contributed by atoms with E-state index in [1.54, 1.807) is 24.3 Å². The van der Waals surface area contributed by atoms with Gasteiger partial charge in [-0.3, -0.25) is 0 Å². The summed E-state index contributed by atoms with van der Waals surface area (Å²) in [5, 5.41) is 30.7. The van der Waals surface area contributed by atoms with E-state index in [-0.39, 0.29) is 7.69 Å². The van der Waals surface area contributed by atoms with Crippen molar-refractivity contribution in [3.63, 3.8) is 0 Å². The van der Waals surface area contributed by atoms with Crippen LogP contribution in [0, 0.1) is 0 Å². The molecule has 0 spiro atoms. The number of hydrogen-bond acceptors (Lipinski definition) is 5. The minimum Gasteiger partial charge on any atom is -0.512 e. The van der Waals surface area contributed by atoms with Crippen LogP contribution >= 0.6 is 0 Å². The molecule has 0 atom stereocenters. The highest BCUT2D eigenvalue weighted by atomic mass is 16.6. The van der Waals surface area contributed by atoms with Crippen LogP contribution in [0.4, 0.5) is 0 Å². The van der Waals surface area contributed by atoms with E-state index in [0.29, 0.717) is 5.75 Å². The lowest BCUT2D eigenvalue weighted by atomic mass is 10.2. The fourth-order valence-corrected chi connectivity index (χ4v) is 0.621. The van der Waals surface area contributed by atoms with E-state index in [1.165, 1.54) is 0 Å². The summed E-state index contributed by atoms with van der Waals surface area (Å²) in [7, 11) is -1.73. The molecular weight excluding hydrogens is 174 g/mol. The van der Waals surface area contributed by atoms with E-state index in [9.17, 15) is 0 Å². The van der Waals surface area contributed by atoms with Crippen LogP contribution in [0.15, 0.2) is 30.3 Å². The highest BCUT2D eigenvalue weighted by Crippen LogP contribution is 2.07. The summed E-state index contributed by atoms with van der Waals surface area (Å²) in [5.41, 5.74) is 0. The number of para-hydroxylation sites is 1. The molecule has 13 heavy (non-hydrogen) atoms. The van der Waals surface area contributed by atoms with Crippen molar-refractivity contribution >= 4 is 15.0 Å². The fourth-order valence-electron chi connectivity index (χ4n) is 0.621. The third-order valence-electron chi connectivity index (χ3n) is 0.985. The van der Waals surface area contributed by atoms with E-state index >= 15 is 0 Å². The van der Waals surface area contributed by atoms with Gasteiger partial charge in [0.15, 0.2) is 0 Å². The van der Waals surface area contributed by atoms with Crippen LogP contribution in [-0.4, -0.2) is 35.1 Å². The zero-order valence-electron chi connectivity index (χ0n) is 6.74. The number of rotatable bonds is 2.